The van der Waals surface area contributed by atoms with Crippen molar-refractivity contribution in [2.75, 3.05) is 17.2 Å². The summed E-state index contributed by atoms with van der Waals surface area (Å²) in [7, 11) is 0. The molecule has 4 heteroatoms. The highest BCUT2D eigenvalue weighted by Crippen LogP contribution is 2.20. The van der Waals surface area contributed by atoms with Gasteiger partial charge in [-0.05, 0) is 48.9 Å². The van der Waals surface area contributed by atoms with E-state index in [1.807, 2.05) is 74.5 Å². The molecule has 0 atom stereocenters. The van der Waals surface area contributed by atoms with E-state index in [0.29, 0.717) is 0 Å². The summed E-state index contributed by atoms with van der Waals surface area (Å²) in [5.41, 5.74) is 1.65. The van der Waals surface area contributed by atoms with E-state index in [4.69, 9.17) is 4.74 Å². The quantitative estimate of drug-likeness (QED) is 0.688. The number of anilines is 2. The van der Waals surface area contributed by atoms with Gasteiger partial charge in [0.25, 0.3) is 0 Å². The Morgan fingerprint density at radius 3 is 2.52 bits per heavy atom. The molecular formula is C21H22N2O2. The van der Waals surface area contributed by atoms with E-state index >= 15 is 0 Å². The Hall–Kier alpha value is -3.01. The average Bonchev–Trinajstić information content (AvgIpc) is 2.60. The zero-order valence-electron chi connectivity index (χ0n) is 14.5. The molecule has 0 saturated carbocycles. The third-order valence-electron chi connectivity index (χ3n) is 3.69. The van der Waals surface area contributed by atoms with Crippen molar-refractivity contribution in [2.24, 2.45) is 0 Å². The molecule has 0 aliphatic carbocycles. The lowest BCUT2D eigenvalue weighted by atomic mass is 10.1. The van der Waals surface area contributed by atoms with Gasteiger partial charge in [-0.1, -0.05) is 36.4 Å². The number of carbonyl (C=O) groups excluding carboxylic acids is 1. The van der Waals surface area contributed by atoms with Gasteiger partial charge in [-0.2, -0.15) is 0 Å². The third-order valence-corrected chi connectivity index (χ3v) is 3.69. The number of carbonyl (C=O) groups is 1. The monoisotopic (exact) mass is 334 g/mol. The Morgan fingerprint density at radius 1 is 0.920 bits per heavy atom. The van der Waals surface area contributed by atoms with Crippen molar-refractivity contribution in [2.45, 2.75) is 20.0 Å². The summed E-state index contributed by atoms with van der Waals surface area (Å²) in [6.07, 6.45) is 0.117. The Morgan fingerprint density at radius 2 is 1.72 bits per heavy atom. The molecule has 1 amide bonds. The van der Waals surface area contributed by atoms with Crippen LogP contribution in [0.25, 0.3) is 10.8 Å². The maximum Gasteiger partial charge on any atom is 0.243 e. The summed E-state index contributed by atoms with van der Waals surface area (Å²) in [6, 6.07) is 21.6. The van der Waals surface area contributed by atoms with E-state index in [1.54, 1.807) is 0 Å². The SMILES string of the molecule is CC(C)Oc1cccc(NCC(=O)Nc2ccc3ccccc3c2)c1. The van der Waals surface area contributed by atoms with Gasteiger partial charge in [0.05, 0.1) is 12.6 Å². The molecule has 128 valence electrons. The van der Waals surface area contributed by atoms with Gasteiger partial charge >= 0.3 is 0 Å². The zero-order chi connectivity index (χ0) is 17.6. The molecule has 0 unspecified atom stereocenters. The van der Waals surface area contributed by atoms with Crippen LogP contribution in [0.1, 0.15) is 13.8 Å². The molecule has 0 aromatic heterocycles. The first-order valence-electron chi connectivity index (χ1n) is 8.39. The molecule has 2 N–H and O–H groups in total. The van der Waals surface area contributed by atoms with Crippen molar-refractivity contribution >= 4 is 28.1 Å². The van der Waals surface area contributed by atoms with E-state index in [0.717, 1.165) is 27.9 Å². The predicted molar refractivity (Wildman–Crippen MR) is 103 cm³/mol. The van der Waals surface area contributed by atoms with Crippen LogP contribution in [0.5, 0.6) is 5.75 Å². The number of ether oxygens (including phenoxy) is 1. The van der Waals surface area contributed by atoms with E-state index in [9.17, 15) is 4.79 Å². The fourth-order valence-corrected chi connectivity index (χ4v) is 2.61. The van der Waals surface area contributed by atoms with Crippen LogP contribution < -0.4 is 15.4 Å². The molecule has 4 nitrogen and oxygen atoms in total. The minimum absolute atomic E-state index is 0.0922. The van der Waals surface area contributed by atoms with Crippen LogP contribution in [-0.2, 0) is 4.79 Å². The number of amides is 1. The van der Waals surface area contributed by atoms with E-state index < -0.39 is 0 Å². The minimum Gasteiger partial charge on any atom is -0.491 e. The molecule has 0 bridgehead atoms. The molecule has 0 radical (unpaired) electrons. The van der Waals surface area contributed by atoms with Gasteiger partial charge in [-0.25, -0.2) is 0 Å². The highest BCUT2D eigenvalue weighted by atomic mass is 16.5. The molecule has 3 rings (SSSR count). The maximum absolute atomic E-state index is 12.2. The largest absolute Gasteiger partial charge is 0.491 e. The van der Waals surface area contributed by atoms with Gasteiger partial charge in [0.15, 0.2) is 0 Å². The summed E-state index contributed by atoms with van der Waals surface area (Å²) >= 11 is 0. The van der Waals surface area contributed by atoms with Crippen LogP contribution >= 0.6 is 0 Å². The zero-order valence-corrected chi connectivity index (χ0v) is 14.5. The van der Waals surface area contributed by atoms with Crippen LogP contribution in [0.4, 0.5) is 11.4 Å². The van der Waals surface area contributed by atoms with Gasteiger partial charge < -0.3 is 15.4 Å². The molecule has 0 fully saturated rings. The Labute approximate surface area is 147 Å². The summed E-state index contributed by atoms with van der Waals surface area (Å²) in [4.78, 5) is 12.2. The molecule has 3 aromatic rings. The van der Waals surface area contributed by atoms with Crippen LogP contribution in [0.15, 0.2) is 66.7 Å². The van der Waals surface area contributed by atoms with E-state index in [2.05, 4.69) is 16.7 Å². The Balaban J connectivity index is 1.58. The van der Waals surface area contributed by atoms with Crippen molar-refractivity contribution < 1.29 is 9.53 Å². The van der Waals surface area contributed by atoms with Crippen LogP contribution in [0.3, 0.4) is 0 Å². The molecular weight excluding hydrogens is 312 g/mol. The average molecular weight is 334 g/mol. The molecule has 0 aliphatic rings. The second kappa shape index (κ2) is 7.71. The first-order valence-corrected chi connectivity index (χ1v) is 8.39. The summed E-state index contributed by atoms with van der Waals surface area (Å²) in [5.74, 6) is 0.695. The fourth-order valence-electron chi connectivity index (χ4n) is 2.61. The molecule has 0 saturated heterocycles. The predicted octanol–water partition coefficient (Wildman–Crippen LogP) is 4.68. The molecule has 0 aliphatic heterocycles. The topological polar surface area (TPSA) is 50.4 Å². The van der Waals surface area contributed by atoms with Crippen molar-refractivity contribution in [3.8, 4) is 5.75 Å². The van der Waals surface area contributed by atoms with Gasteiger partial charge in [0.2, 0.25) is 5.91 Å². The van der Waals surface area contributed by atoms with Gasteiger partial charge in [0.1, 0.15) is 5.75 Å². The first-order chi connectivity index (χ1) is 12.1. The lowest BCUT2D eigenvalue weighted by Crippen LogP contribution is -2.21. The molecule has 0 spiro atoms. The van der Waals surface area contributed by atoms with E-state index in [-0.39, 0.29) is 18.6 Å². The van der Waals surface area contributed by atoms with Crippen LogP contribution in [-0.4, -0.2) is 18.6 Å². The van der Waals surface area contributed by atoms with Crippen molar-refractivity contribution in [3.05, 3.63) is 66.7 Å². The van der Waals surface area contributed by atoms with Gasteiger partial charge in [0, 0.05) is 17.4 Å². The van der Waals surface area contributed by atoms with Gasteiger partial charge in [-0.3, -0.25) is 4.79 Å². The highest BCUT2D eigenvalue weighted by molar-refractivity contribution is 5.96. The van der Waals surface area contributed by atoms with Crippen LogP contribution in [0, 0.1) is 0 Å². The normalized spacial score (nSPS) is 10.7. The van der Waals surface area contributed by atoms with Crippen molar-refractivity contribution in [1.82, 2.24) is 0 Å². The summed E-state index contributed by atoms with van der Waals surface area (Å²) < 4.78 is 5.66. The maximum atomic E-state index is 12.2. The van der Waals surface area contributed by atoms with Crippen LogP contribution in [0.2, 0.25) is 0 Å². The Kier molecular flexibility index (Phi) is 5.19. The van der Waals surface area contributed by atoms with Crippen molar-refractivity contribution in [3.63, 3.8) is 0 Å². The number of hydrogen-bond donors (Lipinski definition) is 2. The lowest BCUT2D eigenvalue weighted by Gasteiger charge is -2.12. The summed E-state index contributed by atoms with van der Waals surface area (Å²) in [6.45, 7) is 4.16. The smallest absolute Gasteiger partial charge is 0.243 e. The van der Waals surface area contributed by atoms with Gasteiger partial charge in [-0.15, -0.1) is 0 Å². The number of nitrogens with one attached hydrogen (secondary N) is 2. The molecule has 25 heavy (non-hydrogen) atoms. The van der Waals surface area contributed by atoms with Crippen molar-refractivity contribution in [1.29, 1.82) is 0 Å². The lowest BCUT2D eigenvalue weighted by molar-refractivity contribution is -0.114. The Bertz CT molecular complexity index is 874. The fraction of sp³-hybridized carbons (Fsp3) is 0.190. The first kappa shape index (κ1) is 16.8. The summed E-state index contributed by atoms with van der Waals surface area (Å²) in [5, 5.41) is 8.30. The molecule has 0 heterocycles. The highest BCUT2D eigenvalue weighted by Gasteiger charge is 2.04. The van der Waals surface area contributed by atoms with E-state index in [1.165, 1.54) is 0 Å². The number of rotatable bonds is 6. The number of benzene rings is 3. The molecule has 3 aromatic carbocycles. The second-order valence-electron chi connectivity index (χ2n) is 6.16. The standard InChI is InChI=1S/C21H22N2O2/c1-15(2)25-20-9-5-8-18(13-20)22-14-21(24)23-19-11-10-16-6-3-4-7-17(16)12-19/h3-13,15,22H,14H2,1-2H3,(H,23,24). The number of fused-ring (bicyclic) bond motifs is 1. The second-order valence-corrected chi connectivity index (χ2v) is 6.16. The third kappa shape index (κ3) is 4.73. The minimum atomic E-state index is -0.0922. The number of hydrogen-bond acceptors (Lipinski definition) is 3.